The van der Waals surface area contributed by atoms with Crippen molar-refractivity contribution >= 4 is 10.8 Å². The molecule has 0 aliphatic heterocycles. The summed E-state index contributed by atoms with van der Waals surface area (Å²) in [6.07, 6.45) is 3.62. The van der Waals surface area contributed by atoms with Crippen molar-refractivity contribution in [3.8, 4) is 0 Å². The van der Waals surface area contributed by atoms with Crippen molar-refractivity contribution in [2.24, 2.45) is 5.92 Å². The minimum Gasteiger partial charge on any atom is -0.313 e. The van der Waals surface area contributed by atoms with E-state index in [1.807, 2.05) is 6.92 Å². The zero-order chi connectivity index (χ0) is 10.6. The number of nitrogens with one attached hydrogen (secondary N) is 1. The SMILES string of the molecule is CCNC1CCC(C)CC1S(=O)CC. The van der Waals surface area contributed by atoms with Crippen molar-refractivity contribution in [1.82, 2.24) is 5.32 Å². The Morgan fingerprint density at radius 2 is 2.07 bits per heavy atom. The van der Waals surface area contributed by atoms with Crippen LogP contribution in [0.1, 0.15) is 40.0 Å². The molecule has 0 aromatic heterocycles. The van der Waals surface area contributed by atoms with E-state index in [1.54, 1.807) is 0 Å². The van der Waals surface area contributed by atoms with E-state index < -0.39 is 10.8 Å². The summed E-state index contributed by atoms with van der Waals surface area (Å²) in [4.78, 5) is 0. The van der Waals surface area contributed by atoms with Crippen LogP contribution in [0.15, 0.2) is 0 Å². The number of rotatable bonds is 4. The van der Waals surface area contributed by atoms with Gasteiger partial charge in [0.15, 0.2) is 0 Å². The van der Waals surface area contributed by atoms with E-state index in [-0.39, 0.29) is 0 Å². The van der Waals surface area contributed by atoms with Gasteiger partial charge in [-0.05, 0) is 31.7 Å². The summed E-state index contributed by atoms with van der Waals surface area (Å²) in [5.41, 5.74) is 0. The number of hydrogen-bond donors (Lipinski definition) is 1. The Labute approximate surface area is 90.3 Å². The third-order valence-corrected chi connectivity index (χ3v) is 4.91. The van der Waals surface area contributed by atoms with Gasteiger partial charge in [0.2, 0.25) is 0 Å². The van der Waals surface area contributed by atoms with Crippen LogP contribution >= 0.6 is 0 Å². The molecular weight excluding hydrogens is 194 g/mol. The highest BCUT2D eigenvalue weighted by molar-refractivity contribution is 7.85. The molecule has 0 heterocycles. The summed E-state index contributed by atoms with van der Waals surface area (Å²) in [6.45, 7) is 7.43. The minimum atomic E-state index is -0.628. The second-order valence-electron chi connectivity index (χ2n) is 4.29. The molecule has 14 heavy (non-hydrogen) atoms. The molecular formula is C11H23NOS. The summed E-state index contributed by atoms with van der Waals surface area (Å²) in [7, 11) is -0.628. The van der Waals surface area contributed by atoms with E-state index in [1.165, 1.54) is 12.8 Å². The van der Waals surface area contributed by atoms with Crippen molar-refractivity contribution in [2.45, 2.75) is 51.3 Å². The molecule has 1 saturated carbocycles. The smallest absolute Gasteiger partial charge is 0.0503 e. The maximum absolute atomic E-state index is 11.9. The first-order valence-electron chi connectivity index (χ1n) is 5.79. The van der Waals surface area contributed by atoms with Crippen molar-refractivity contribution in [3.05, 3.63) is 0 Å². The molecule has 1 aliphatic carbocycles. The fraction of sp³-hybridized carbons (Fsp3) is 1.00. The lowest BCUT2D eigenvalue weighted by molar-refractivity contribution is 0.317. The fourth-order valence-electron chi connectivity index (χ4n) is 2.33. The first-order valence-corrected chi connectivity index (χ1v) is 7.17. The average molecular weight is 217 g/mol. The maximum Gasteiger partial charge on any atom is 0.0503 e. The molecule has 0 aromatic carbocycles. The summed E-state index contributed by atoms with van der Waals surface area (Å²) in [5, 5.41) is 3.87. The Hall–Kier alpha value is 0.110. The van der Waals surface area contributed by atoms with Crippen molar-refractivity contribution < 1.29 is 4.21 Å². The first kappa shape index (κ1) is 12.2. The van der Waals surface area contributed by atoms with Crippen LogP contribution in [0.5, 0.6) is 0 Å². The molecule has 0 bridgehead atoms. The second kappa shape index (κ2) is 5.86. The quantitative estimate of drug-likeness (QED) is 0.779. The van der Waals surface area contributed by atoms with E-state index in [0.29, 0.717) is 11.3 Å². The van der Waals surface area contributed by atoms with Crippen molar-refractivity contribution in [3.63, 3.8) is 0 Å². The predicted octanol–water partition coefficient (Wildman–Crippen LogP) is 1.92. The fourth-order valence-corrected chi connectivity index (χ4v) is 3.90. The highest BCUT2D eigenvalue weighted by atomic mass is 32.2. The Morgan fingerprint density at radius 3 is 2.64 bits per heavy atom. The van der Waals surface area contributed by atoms with Gasteiger partial charge in [0.25, 0.3) is 0 Å². The summed E-state index contributed by atoms with van der Waals surface area (Å²) < 4.78 is 11.9. The molecule has 4 atom stereocenters. The Balaban J connectivity index is 2.58. The molecule has 1 fully saturated rings. The van der Waals surface area contributed by atoms with Crippen LogP contribution in [0, 0.1) is 5.92 Å². The lowest BCUT2D eigenvalue weighted by Gasteiger charge is -2.34. The number of hydrogen-bond acceptors (Lipinski definition) is 2. The lowest BCUT2D eigenvalue weighted by atomic mass is 9.87. The monoisotopic (exact) mass is 217 g/mol. The molecule has 0 amide bonds. The van der Waals surface area contributed by atoms with Crippen LogP contribution in [-0.4, -0.2) is 27.8 Å². The van der Waals surface area contributed by atoms with E-state index in [4.69, 9.17) is 0 Å². The summed E-state index contributed by atoms with van der Waals surface area (Å²) in [5.74, 6) is 1.56. The topological polar surface area (TPSA) is 29.1 Å². The normalized spacial score (nSPS) is 35.5. The molecule has 1 N–H and O–H groups in total. The molecule has 2 nitrogen and oxygen atoms in total. The van der Waals surface area contributed by atoms with Crippen LogP contribution in [0.3, 0.4) is 0 Å². The van der Waals surface area contributed by atoms with Gasteiger partial charge in [0.05, 0.1) is 5.25 Å². The van der Waals surface area contributed by atoms with Gasteiger partial charge < -0.3 is 5.32 Å². The molecule has 0 spiro atoms. The first-order chi connectivity index (χ1) is 6.69. The van der Waals surface area contributed by atoms with E-state index in [0.717, 1.165) is 24.6 Å². The van der Waals surface area contributed by atoms with Gasteiger partial charge in [0, 0.05) is 22.6 Å². The second-order valence-corrected chi connectivity index (χ2v) is 6.23. The molecule has 0 radical (unpaired) electrons. The third kappa shape index (κ3) is 3.06. The van der Waals surface area contributed by atoms with Gasteiger partial charge in [0.1, 0.15) is 0 Å². The summed E-state index contributed by atoms with van der Waals surface area (Å²) in [6, 6.07) is 0.497. The van der Waals surface area contributed by atoms with Crippen LogP contribution in [-0.2, 0) is 10.8 Å². The molecule has 1 rings (SSSR count). The highest BCUT2D eigenvalue weighted by Gasteiger charge is 2.31. The van der Waals surface area contributed by atoms with Crippen LogP contribution in [0.4, 0.5) is 0 Å². The maximum atomic E-state index is 11.9. The van der Waals surface area contributed by atoms with E-state index in [9.17, 15) is 4.21 Å². The van der Waals surface area contributed by atoms with Gasteiger partial charge in [-0.3, -0.25) is 4.21 Å². The van der Waals surface area contributed by atoms with Gasteiger partial charge in [-0.15, -0.1) is 0 Å². The zero-order valence-electron chi connectivity index (χ0n) is 9.58. The Morgan fingerprint density at radius 1 is 1.36 bits per heavy atom. The largest absolute Gasteiger partial charge is 0.313 e. The molecule has 0 saturated heterocycles. The Kier molecular flexibility index (Phi) is 5.10. The Bertz CT molecular complexity index is 196. The van der Waals surface area contributed by atoms with Crippen LogP contribution in [0.25, 0.3) is 0 Å². The average Bonchev–Trinajstić information content (AvgIpc) is 2.20. The van der Waals surface area contributed by atoms with E-state index >= 15 is 0 Å². The molecule has 4 unspecified atom stereocenters. The molecule has 1 aliphatic rings. The molecule has 84 valence electrons. The van der Waals surface area contributed by atoms with Gasteiger partial charge in [-0.25, -0.2) is 0 Å². The molecule has 3 heteroatoms. The highest BCUT2D eigenvalue weighted by Crippen LogP contribution is 2.27. The van der Waals surface area contributed by atoms with E-state index in [2.05, 4.69) is 19.2 Å². The van der Waals surface area contributed by atoms with Gasteiger partial charge >= 0.3 is 0 Å². The predicted molar refractivity (Wildman–Crippen MR) is 63.0 cm³/mol. The molecule has 0 aromatic rings. The third-order valence-electron chi connectivity index (χ3n) is 3.14. The zero-order valence-corrected chi connectivity index (χ0v) is 10.4. The van der Waals surface area contributed by atoms with Crippen molar-refractivity contribution in [1.29, 1.82) is 0 Å². The van der Waals surface area contributed by atoms with Crippen molar-refractivity contribution in [2.75, 3.05) is 12.3 Å². The van der Waals surface area contributed by atoms with Gasteiger partial charge in [-0.1, -0.05) is 20.8 Å². The lowest BCUT2D eigenvalue weighted by Crippen LogP contribution is -2.46. The van der Waals surface area contributed by atoms with Crippen LogP contribution < -0.4 is 5.32 Å². The minimum absolute atomic E-state index is 0.392. The summed E-state index contributed by atoms with van der Waals surface area (Å²) >= 11 is 0. The standard InChI is InChI=1S/C11H23NOS/c1-4-12-10-7-6-9(3)8-11(10)14(13)5-2/h9-12H,4-8H2,1-3H3. The van der Waals surface area contributed by atoms with Crippen LogP contribution in [0.2, 0.25) is 0 Å². The van der Waals surface area contributed by atoms with Gasteiger partial charge in [-0.2, -0.15) is 0 Å².